The first kappa shape index (κ1) is 18.3. The number of hydrogen-bond acceptors (Lipinski definition) is 6. The van der Waals surface area contributed by atoms with Crippen LogP contribution < -0.4 is 14.8 Å². The van der Waals surface area contributed by atoms with Gasteiger partial charge in [-0.25, -0.2) is 0 Å². The third-order valence-corrected chi connectivity index (χ3v) is 5.63. The lowest BCUT2D eigenvalue weighted by Crippen LogP contribution is -2.40. The fraction of sp³-hybridized carbons (Fsp3) is 0.571. The zero-order valence-electron chi connectivity index (χ0n) is 16.5. The second-order valence-electron chi connectivity index (χ2n) is 7.49. The molecule has 2 aromatic rings. The first-order chi connectivity index (χ1) is 13.2. The number of rotatable bonds is 4. The largest absolute Gasteiger partial charge is 0.493 e. The highest BCUT2D eigenvalue weighted by Gasteiger charge is 2.23. The topological polar surface area (TPSA) is 55.9 Å². The molecule has 1 N–H and O–H groups in total. The lowest BCUT2D eigenvalue weighted by molar-refractivity contribution is 0.146. The average molecular weight is 371 g/mol. The Bertz CT molecular complexity index is 824. The molecule has 3 heterocycles. The van der Waals surface area contributed by atoms with Crippen molar-refractivity contribution in [3.63, 3.8) is 0 Å². The van der Waals surface area contributed by atoms with Crippen molar-refractivity contribution >= 4 is 16.6 Å². The molecule has 0 bridgehead atoms. The summed E-state index contributed by atoms with van der Waals surface area (Å²) in [7, 11) is 5.54. The Labute approximate surface area is 160 Å². The fourth-order valence-corrected chi connectivity index (χ4v) is 4.26. The number of benzene rings is 1. The lowest BCUT2D eigenvalue weighted by atomic mass is 9.99. The second kappa shape index (κ2) is 7.90. The Hall–Kier alpha value is -2.05. The van der Waals surface area contributed by atoms with Crippen LogP contribution in [-0.2, 0) is 17.6 Å². The average Bonchev–Trinajstić information content (AvgIpc) is 2.92. The summed E-state index contributed by atoms with van der Waals surface area (Å²) < 4.78 is 16.8. The summed E-state index contributed by atoms with van der Waals surface area (Å²) in [4.78, 5) is 7.36. The molecule has 1 atom stereocenters. The maximum absolute atomic E-state index is 5.73. The van der Waals surface area contributed by atoms with Crippen LogP contribution in [0.15, 0.2) is 12.1 Å². The number of methoxy groups -OCH3 is 2. The van der Waals surface area contributed by atoms with E-state index < -0.39 is 0 Å². The summed E-state index contributed by atoms with van der Waals surface area (Å²) in [6.45, 7) is 3.70. The number of aromatic nitrogens is 1. The molecule has 0 spiro atoms. The predicted octanol–water partition coefficient (Wildman–Crippen LogP) is 2.87. The number of pyridine rings is 1. The molecule has 0 aliphatic carbocycles. The van der Waals surface area contributed by atoms with E-state index in [2.05, 4.69) is 23.3 Å². The van der Waals surface area contributed by atoms with Crippen molar-refractivity contribution in [3.8, 4) is 11.5 Å². The third kappa shape index (κ3) is 3.69. The van der Waals surface area contributed by atoms with E-state index in [0.717, 1.165) is 54.9 Å². The van der Waals surface area contributed by atoms with Gasteiger partial charge in [0.15, 0.2) is 11.5 Å². The van der Waals surface area contributed by atoms with Gasteiger partial charge in [0, 0.05) is 41.8 Å². The van der Waals surface area contributed by atoms with E-state index in [0.29, 0.717) is 11.8 Å². The molecule has 2 aliphatic rings. The van der Waals surface area contributed by atoms with Crippen LogP contribution in [0.2, 0.25) is 0 Å². The number of hydrogen-bond donors (Lipinski definition) is 1. The number of fused-ring (bicyclic) bond motifs is 2. The zero-order valence-corrected chi connectivity index (χ0v) is 16.5. The molecule has 4 rings (SSSR count). The van der Waals surface area contributed by atoms with Gasteiger partial charge >= 0.3 is 0 Å². The van der Waals surface area contributed by atoms with Crippen molar-refractivity contribution in [2.45, 2.75) is 31.7 Å². The molecule has 1 fully saturated rings. The van der Waals surface area contributed by atoms with Crippen molar-refractivity contribution in [2.24, 2.45) is 0 Å². The maximum atomic E-state index is 5.73. The molecule has 27 heavy (non-hydrogen) atoms. The highest BCUT2D eigenvalue weighted by molar-refractivity contribution is 5.96. The van der Waals surface area contributed by atoms with Gasteiger partial charge in [-0.3, -0.25) is 4.98 Å². The Kier molecular flexibility index (Phi) is 5.36. The summed E-state index contributed by atoms with van der Waals surface area (Å²) in [5.41, 5.74) is 4.57. The Morgan fingerprint density at radius 1 is 1.15 bits per heavy atom. The summed E-state index contributed by atoms with van der Waals surface area (Å²) in [6.07, 6.45) is 4.14. The van der Waals surface area contributed by atoms with E-state index in [1.54, 1.807) is 14.2 Å². The molecule has 0 saturated carbocycles. The van der Waals surface area contributed by atoms with Crippen LogP contribution in [0, 0.1) is 0 Å². The predicted molar refractivity (Wildman–Crippen MR) is 107 cm³/mol. The van der Waals surface area contributed by atoms with Gasteiger partial charge in [0.25, 0.3) is 0 Å². The van der Waals surface area contributed by atoms with Gasteiger partial charge < -0.3 is 24.4 Å². The van der Waals surface area contributed by atoms with Gasteiger partial charge in [0.2, 0.25) is 0 Å². The molecule has 6 heteroatoms. The molecule has 6 nitrogen and oxygen atoms in total. The van der Waals surface area contributed by atoms with E-state index >= 15 is 0 Å². The molecular weight excluding hydrogens is 342 g/mol. The molecule has 1 aromatic heterocycles. The molecule has 0 radical (unpaired) electrons. The standard InChI is InChI=1S/C21H29N3O3/c1-24-8-4-5-14(13-24)22-21-15-6-9-27-10-7-17(15)23-18-12-20(26-3)19(25-2)11-16(18)21/h11-12,14H,4-10,13H2,1-3H3,(H,22,23)/t14-/m1/s1. The van der Waals surface area contributed by atoms with Gasteiger partial charge in [-0.15, -0.1) is 0 Å². The number of ether oxygens (including phenoxy) is 3. The minimum Gasteiger partial charge on any atom is -0.493 e. The Morgan fingerprint density at radius 3 is 2.70 bits per heavy atom. The number of piperidine rings is 1. The van der Waals surface area contributed by atoms with Gasteiger partial charge in [0.1, 0.15) is 0 Å². The normalized spacial score (nSPS) is 20.8. The molecule has 1 aromatic carbocycles. The molecular formula is C21H29N3O3. The summed E-state index contributed by atoms with van der Waals surface area (Å²) in [5, 5.41) is 4.96. The van der Waals surface area contributed by atoms with E-state index in [4.69, 9.17) is 19.2 Å². The highest BCUT2D eigenvalue weighted by atomic mass is 16.5. The second-order valence-corrected chi connectivity index (χ2v) is 7.49. The Morgan fingerprint density at radius 2 is 1.93 bits per heavy atom. The number of anilines is 1. The lowest BCUT2D eigenvalue weighted by Gasteiger charge is -2.32. The van der Waals surface area contributed by atoms with Crippen molar-refractivity contribution in [1.29, 1.82) is 0 Å². The molecule has 2 aliphatic heterocycles. The van der Waals surface area contributed by atoms with Gasteiger partial charge in [-0.2, -0.15) is 0 Å². The van der Waals surface area contributed by atoms with Crippen LogP contribution in [0.5, 0.6) is 11.5 Å². The third-order valence-electron chi connectivity index (χ3n) is 5.63. The van der Waals surface area contributed by atoms with Crippen LogP contribution in [0.3, 0.4) is 0 Å². The number of likely N-dealkylation sites (N-methyl/N-ethyl adjacent to an activating group) is 1. The van der Waals surface area contributed by atoms with E-state index in [9.17, 15) is 0 Å². The van der Waals surface area contributed by atoms with Crippen molar-refractivity contribution < 1.29 is 14.2 Å². The zero-order chi connectivity index (χ0) is 18.8. The summed E-state index contributed by atoms with van der Waals surface area (Å²) >= 11 is 0. The van der Waals surface area contributed by atoms with E-state index in [-0.39, 0.29) is 0 Å². The van der Waals surface area contributed by atoms with Crippen LogP contribution in [0.4, 0.5) is 5.69 Å². The summed E-state index contributed by atoms with van der Waals surface area (Å²) in [5.74, 6) is 1.45. The van der Waals surface area contributed by atoms with Crippen molar-refractivity contribution in [3.05, 3.63) is 23.4 Å². The molecule has 146 valence electrons. The maximum Gasteiger partial charge on any atom is 0.162 e. The number of nitrogens with zero attached hydrogens (tertiary/aromatic N) is 2. The monoisotopic (exact) mass is 371 g/mol. The van der Waals surface area contributed by atoms with Gasteiger partial charge in [0.05, 0.1) is 33.0 Å². The quantitative estimate of drug-likeness (QED) is 0.892. The highest BCUT2D eigenvalue weighted by Crippen LogP contribution is 2.38. The van der Waals surface area contributed by atoms with E-state index in [1.807, 2.05) is 6.07 Å². The Balaban J connectivity index is 1.85. The first-order valence-electron chi connectivity index (χ1n) is 9.80. The van der Waals surface area contributed by atoms with Crippen molar-refractivity contribution in [2.75, 3.05) is 52.9 Å². The van der Waals surface area contributed by atoms with Crippen LogP contribution >= 0.6 is 0 Å². The smallest absolute Gasteiger partial charge is 0.162 e. The van der Waals surface area contributed by atoms with Crippen LogP contribution in [-0.4, -0.2) is 63.5 Å². The van der Waals surface area contributed by atoms with E-state index in [1.165, 1.54) is 30.6 Å². The number of nitrogens with one attached hydrogen (secondary N) is 1. The van der Waals surface area contributed by atoms with Crippen molar-refractivity contribution in [1.82, 2.24) is 9.88 Å². The minimum absolute atomic E-state index is 0.440. The van der Waals surface area contributed by atoms with Crippen LogP contribution in [0.25, 0.3) is 10.9 Å². The minimum atomic E-state index is 0.440. The molecule has 0 amide bonds. The molecule has 1 saturated heterocycles. The van der Waals surface area contributed by atoms with Gasteiger partial charge in [-0.1, -0.05) is 0 Å². The molecule has 0 unspecified atom stereocenters. The van der Waals surface area contributed by atoms with Crippen LogP contribution in [0.1, 0.15) is 24.1 Å². The summed E-state index contributed by atoms with van der Waals surface area (Å²) in [6, 6.07) is 4.48. The first-order valence-corrected chi connectivity index (χ1v) is 9.80. The fourth-order valence-electron chi connectivity index (χ4n) is 4.26. The number of likely N-dealkylation sites (tertiary alicyclic amines) is 1. The van der Waals surface area contributed by atoms with Gasteiger partial charge in [-0.05, 0) is 44.5 Å². The SMILES string of the molecule is COc1cc2nc3c(c(N[C@@H]4CCCN(C)C4)c2cc1OC)CCOCC3.